The van der Waals surface area contributed by atoms with Crippen molar-refractivity contribution in [1.82, 2.24) is 4.98 Å². The fourth-order valence-electron chi connectivity index (χ4n) is 1.80. The first-order valence-corrected chi connectivity index (χ1v) is 7.59. The number of sulfone groups is 1. The standard InChI is InChI=1S/C13H9F3N2O5S/c14-13(15,16)23-9-3-1-2-4-10(9)24(21,22)7-5-8(17)11(12(19)20)18-6-7/h1-6H,17H2,(H,19,20). The molecule has 2 aromatic rings. The van der Waals surface area contributed by atoms with Crippen LogP contribution in [0.5, 0.6) is 5.75 Å². The summed E-state index contributed by atoms with van der Waals surface area (Å²) >= 11 is 0. The first-order chi connectivity index (χ1) is 11.0. The second-order valence-corrected chi connectivity index (χ2v) is 6.33. The summed E-state index contributed by atoms with van der Waals surface area (Å²) in [5, 5.41) is 8.81. The zero-order valence-corrected chi connectivity index (χ0v) is 12.4. The summed E-state index contributed by atoms with van der Waals surface area (Å²) in [5.74, 6) is -2.40. The number of halogens is 3. The lowest BCUT2D eigenvalue weighted by Crippen LogP contribution is -2.19. The third kappa shape index (κ3) is 3.56. The molecule has 0 saturated carbocycles. The van der Waals surface area contributed by atoms with E-state index in [0.717, 1.165) is 18.2 Å². The van der Waals surface area contributed by atoms with Crippen molar-refractivity contribution in [2.45, 2.75) is 16.2 Å². The highest BCUT2D eigenvalue weighted by Gasteiger charge is 2.34. The molecule has 1 aromatic heterocycles. The highest BCUT2D eigenvalue weighted by Crippen LogP contribution is 2.33. The molecule has 2 rings (SSSR count). The van der Waals surface area contributed by atoms with Gasteiger partial charge in [0.25, 0.3) is 0 Å². The average Bonchev–Trinajstić information content (AvgIpc) is 2.45. The van der Waals surface area contributed by atoms with Gasteiger partial charge in [0.15, 0.2) is 5.69 Å². The van der Waals surface area contributed by atoms with Gasteiger partial charge in [0.05, 0.1) is 10.6 Å². The number of hydrogen-bond acceptors (Lipinski definition) is 6. The van der Waals surface area contributed by atoms with Crippen LogP contribution in [0, 0.1) is 0 Å². The Kier molecular flexibility index (Phi) is 4.38. The van der Waals surface area contributed by atoms with Gasteiger partial charge in [-0.05, 0) is 18.2 Å². The molecule has 24 heavy (non-hydrogen) atoms. The largest absolute Gasteiger partial charge is 0.573 e. The van der Waals surface area contributed by atoms with Crippen LogP contribution in [0.4, 0.5) is 18.9 Å². The number of carboxylic acid groups (broad SMARTS) is 1. The predicted octanol–water partition coefficient (Wildman–Crippen LogP) is 2.09. The van der Waals surface area contributed by atoms with Gasteiger partial charge in [-0.1, -0.05) is 12.1 Å². The van der Waals surface area contributed by atoms with E-state index in [1.54, 1.807) is 0 Å². The molecule has 0 bridgehead atoms. The van der Waals surface area contributed by atoms with E-state index >= 15 is 0 Å². The van der Waals surface area contributed by atoms with Gasteiger partial charge in [0.2, 0.25) is 9.84 Å². The molecular weight excluding hydrogens is 353 g/mol. The number of alkyl halides is 3. The average molecular weight is 362 g/mol. The van der Waals surface area contributed by atoms with Gasteiger partial charge in [-0.15, -0.1) is 13.2 Å². The van der Waals surface area contributed by atoms with Crippen molar-refractivity contribution >= 4 is 21.5 Å². The molecule has 3 N–H and O–H groups in total. The molecule has 1 heterocycles. The summed E-state index contributed by atoms with van der Waals surface area (Å²) in [5.41, 5.74) is 4.40. The van der Waals surface area contributed by atoms with Gasteiger partial charge in [-0.2, -0.15) is 0 Å². The van der Waals surface area contributed by atoms with E-state index in [9.17, 15) is 26.4 Å². The van der Waals surface area contributed by atoms with E-state index in [1.807, 2.05) is 0 Å². The Balaban J connectivity index is 2.56. The number of rotatable bonds is 4. The number of anilines is 1. The molecule has 0 aliphatic rings. The van der Waals surface area contributed by atoms with Gasteiger partial charge in [-0.3, -0.25) is 0 Å². The van der Waals surface area contributed by atoms with Crippen molar-refractivity contribution in [3.8, 4) is 5.75 Å². The number of nitrogen functional groups attached to an aromatic ring is 1. The van der Waals surface area contributed by atoms with Crippen LogP contribution in [-0.4, -0.2) is 30.8 Å². The predicted molar refractivity (Wildman–Crippen MR) is 74.2 cm³/mol. The highest BCUT2D eigenvalue weighted by molar-refractivity contribution is 7.91. The lowest BCUT2D eigenvalue weighted by molar-refractivity contribution is -0.275. The normalized spacial score (nSPS) is 12.0. The number of nitrogens with two attached hydrogens (primary N) is 1. The van der Waals surface area contributed by atoms with Crippen LogP contribution in [0.1, 0.15) is 10.5 Å². The number of nitrogens with zero attached hydrogens (tertiary/aromatic N) is 1. The zero-order chi connectivity index (χ0) is 18.1. The Bertz CT molecular complexity index is 897. The topological polar surface area (TPSA) is 120 Å². The SMILES string of the molecule is Nc1cc(S(=O)(=O)c2ccccc2OC(F)(F)F)cnc1C(=O)O. The van der Waals surface area contributed by atoms with E-state index in [1.165, 1.54) is 12.1 Å². The zero-order valence-electron chi connectivity index (χ0n) is 11.6. The Morgan fingerprint density at radius 2 is 1.88 bits per heavy atom. The second-order valence-electron chi connectivity index (χ2n) is 4.41. The second kappa shape index (κ2) is 6.00. The fourth-order valence-corrected chi connectivity index (χ4v) is 3.16. The molecule has 0 radical (unpaired) electrons. The van der Waals surface area contributed by atoms with E-state index in [4.69, 9.17) is 10.8 Å². The number of carboxylic acids is 1. The number of aromatic carboxylic acids is 1. The monoisotopic (exact) mass is 362 g/mol. The quantitative estimate of drug-likeness (QED) is 0.854. The van der Waals surface area contributed by atoms with Gasteiger partial charge >= 0.3 is 12.3 Å². The van der Waals surface area contributed by atoms with Crippen LogP contribution in [0.2, 0.25) is 0 Å². The number of benzene rings is 1. The van der Waals surface area contributed by atoms with Crippen molar-refractivity contribution in [3.63, 3.8) is 0 Å². The molecule has 0 unspecified atom stereocenters. The highest BCUT2D eigenvalue weighted by atomic mass is 32.2. The van der Waals surface area contributed by atoms with Crippen molar-refractivity contribution in [2.24, 2.45) is 0 Å². The molecule has 7 nitrogen and oxygen atoms in total. The maximum Gasteiger partial charge on any atom is 0.573 e. The van der Waals surface area contributed by atoms with Gasteiger partial charge in [0.1, 0.15) is 10.6 Å². The molecule has 11 heteroatoms. The molecule has 128 valence electrons. The fraction of sp³-hybridized carbons (Fsp3) is 0.0769. The number of aromatic nitrogens is 1. The van der Waals surface area contributed by atoms with Gasteiger partial charge in [0, 0.05) is 6.20 Å². The number of pyridine rings is 1. The minimum Gasteiger partial charge on any atom is -0.476 e. The van der Waals surface area contributed by atoms with Crippen molar-refractivity contribution in [1.29, 1.82) is 0 Å². The van der Waals surface area contributed by atoms with Gasteiger partial charge in [-0.25, -0.2) is 18.2 Å². The third-order valence-electron chi connectivity index (χ3n) is 2.77. The molecule has 0 aliphatic carbocycles. The number of ether oxygens (including phenoxy) is 1. The van der Waals surface area contributed by atoms with E-state index in [-0.39, 0.29) is 0 Å². The molecule has 1 aromatic carbocycles. The van der Waals surface area contributed by atoms with Crippen LogP contribution < -0.4 is 10.5 Å². The smallest absolute Gasteiger partial charge is 0.476 e. The van der Waals surface area contributed by atoms with Crippen LogP contribution in [0.15, 0.2) is 46.3 Å². The molecule has 0 fully saturated rings. The van der Waals surface area contributed by atoms with Crippen LogP contribution in [-0.2, 0) is 9.84 Å². The van der Waals surface area contributed by atoms with Crippen molar-refractivity contribution < 1.29 is 36.2 Å². The Morgan fingerprint density at radius 1 is 1.25 bits per heavy atom. The molecule has 0 aliphatic heterocycles. The first-order valence-electron chi connectivity index (χ1n) is 6.11. The molecule has 0 atom stereocenters. The lowest BCUT2D eigenvalue weighted by atomic mass is 10.3. The first kappa shape index (κ1) is 17.5. The number of para-hydroxylation sites is 1. The van der Waals surface area contributed by atoms with E-state index in [0.29, 0.717) is 6.20 Å². The van der Waals surface area contributed by atoms with Crippen LogP contribution in [0.25, 0.3) is 0 Å². The van der Waals surface area contributed by atoms with Crippen LogP contribution in [0.3, 0.4) is 0 Å². The van der Waals surface area contributed by atoms with E-state index in [2.05, 4.69) is 9.72 Å². The number of hydrogen-bond donors (Lipinski definition) is 2. The maximum atomic E-state index is 12.5. The molecular formula is C13H9F3N2O5S. The maximum absolute atomic E-state index is 12.5. The minimum absolute atomic E-state index is 0.446. The summed E-state index contributed by atoms with van der Waals surface area (Å²) in [6, 6.07) is 4.93. The summed E-state index contributed by atoms with van der Waals surface area (Å²) < 4.78 is 65.9. The van der Waals surface area contributed by atoms with Crippen molar-refractivity contribution in [3.05, 3.63) is 42.2 Å². The molecule has 0 amide bonds. The van der Waals surface area contributed by atoms with Crippen LogP contribution >= 0.6 is 0 Å². The summed E-state index contributed by atoms with van der Waals surface area (Å²) in [6.45, 7) is 0. The summed E-state index contributed by atoms with van der Waals surface area (Å²) in [6.07, 6.45) is -4.39. The molecule has 0 spiro atoms. The molecule has 0 saturated heterocycles. The Hall–Kier alpha value is -2.82. The third-order valence-corrected chi connectivity index (χ3v) is 4.53. The lowest BCUT2D eigenvalue weighted by Gasteiger charge is -2.13. The van der Waals surface area contributed by atoms with Gasteiger partial charge < -0.3 is 15.6 Å². The Labute approximate surface area is 133 Å². The minimum atomic E-state index is -5.09. The Morgan fingerprint density at radius 3 is 2.42 bits per heavy atom. The summed E-state index contributed by atoms with van der Waals surface area (Å²) in [7, 11) is -4.47. The van der Waals surface area contributed by atoms with E-state index < -0.39 is 49.1 Å². The summed E-state index contributed by atoms with van der Waals surface area (Å²) in [4.78, 5) is 12.9. The number of carbonyl (C=O) groups is 1. The van der Waals surface area contributed by atoms with Crippen molar-refractivity contribution in [2.75, 3.05) is 5.73 Å².